The first-order valence-electron chi connectivity index (χ1n) is 6.96. The number of rotatable bonds is 4. The molecule has 1 aliphatic rings. The van der Waals surface area contributed by atoms with Crippen LogP contribution in [-0.4, -0.2) is 17.9 Å². The maximum atomic E-state index is 12.3. The molecule has 0 amide bonds. The molecule has 0 saturated heterocycles. The van der Waals surface area contributed by atoms with E-state index >= 15 is 0 Å². The van der Waals surface area contributed by atoms with Crippen LogP contribution in [-0.2, 0) is 4.79 Å². The fraction of sp³-hybridized carbons (Fsp3) is 0.176. The molecule has 2 heterocycles. The van der Waals surface area contributed by atoms with Crippen molar-refractivity contribution in [3.05, 3.63) is 53.2 Å². The summed E-state index contributed by atoms with van der Waals surface area (Å²) >= 11 is 0. The number of hydrogen-bond acceptors (Lipinski definition) is 6. The number of benzene rings is 1. The highest BCUT2D eigenvalue weighted by molar-refractivity contribution is 6.14. The van der Waals surface area contributed by atoms with Gasteiger partial charge in [-0.3, -0.25) is 4.79 Å². The lowest BCUT2D eigenvalue weighted by Crippen LogP contribution is -2.37. The first-order valence-corrected chi connectivity index (χ1v) is 6.96. The van der Waals surface area contributed by atoms with Gasteiger partial charge in [-0.2, -0.15) is 0 Å². The van der Waals surface area contributed by atoms with Gasteiger partial charge in [0.2, 0.25) is 5.78 Å². The zero-order valence-corrected chi connectivity index (χ0v) is 12.5. The number of hydrogen-bond donors (Lipinski definition) is 0. The maximum Gasteiger partial charge on any atom is 0.232 e. The molecule has 1 aliphatic heterocycles. The van der Waals surface area contributed by atoms with Crippen LogP contribution in [0.15, 0.2) is 40.5 Å². The number of carboxylic acids is 1. The summed E-state index contributed by atoms with van der Waals surface area (Å²) in [6.45, 7) is 3.16. The number of furan rings is 1. The summed E-state index contributed by atoms with van der Waals surface area (Å²) in [5, 5.41) is 10.7. The van der Waals surface area contributed by atoms with Crippen molar-refractivity contribution in [3.63, 3.8) is 0 Å². The van der Waals surface area contributed by atoms with Crippen molar-refractivity contribution in [1.82, 2.24) is 0 Å². The second-order valence-corrected chi connectivity index (χ2v) is 5.13. The summed E-state index contributed by atoms with van der Waals surface area (Å²) in [5.74, 6) is 0.382. The van der Waals surface area contributed by atoms with E-state index in [2.05, 4.69) is 0 Å². The summed E-state index contributed by atoms with van der Waals surface area (Å²) in [5.41, 5.74) is 0.382. The van der Waals surface area contributed by atoms with Crippen LogP contribution in [0.2, 0.25) is 0 Å². The molecular weight excluding hydrogens is 300 g/mol. The molecule has 118 valence electrons. The minimum absolute atomic E-state index is 0.138. The molecule has 3 rings (SSSR count). The fourth-order valence-corrected chi connectivity index (χ4v) is 2.15. The number of carbonyl (C=O) groups excluding carboxylic acids is 2. The molecule has 6 heteroatoms. The summed E-state index contributed by atoms with van der Waals surface area (Å²) in [7, 11) is 0. The number of ketones is 1. The van der Waals surface area contributed by atoms with Gasteiger partial charge in [0.1, 0.15) is 29.1 Å². The predicted molar refractivity (Wildman–Crippen MR) is 77.9 cm³/mol. The second-order valence-electron chi connectivity index (χ2n) is 5.13. The summed E-state index contributed by atoms with van der Waals surface area (Å²) in [6, 6.07) is 8.04. The van der Waals surface area contributed by atoms with E-state index in [0.717, 1.165) is 5.76 Å². The SMILES string of the molecule is Cc1ccc(/C=C2\Oc3cc(O[C@H](C)C(=O)[O-])ccc3C2=O)o1. The van der Waals surface area contributed by atoms with Crippen molar-refractivity contribution in [2.75, 3.05) is 0 Å². The average Bonchev–Trinajstić information content (AvgIpc) is 3.03. The van der Waals surface area contributed by atoms with Crippen molar-refractivity contribution >= 4 is 17.8 Å². The van der Waals surface area contributed by atoms with E-state index in [1.54, 1.807) is 19.1 Å². The van der Waals surface area contributed by atoms with E-state index < -0.39 is 12.1 Å². The average molecular weight is 313 g/mol. The number of fused-ring (bicyclic) bond motifs is 1. The Hall–Kier alpha value is -3.02. The molecular formula is C17H13O6-. The monoisotopic (exact) mass is 313 g/mol. The van der Waals surface area contributed by atoms with E-state index in [0.29, 0.717) is 17.1 Å². The Balaban J connectivity index is 1.85. The third kappa shape index (κ3) is 2.96. The molecule has 0 saturated carbocycles. The Kier molecular flexibility index (Phi) is 3.65. The Labute approximate surface area is 131 Å². The normalized spacial score (nSPS) is 16.1. The zero-order chi connectivity index (χ0) is 16.6. The van der Waals surface area contributed by atoms with Crippen molar-refractivity contribution in [2.45, 2.75) is 20.0 Å². The molecule has 0 radical (unpaired) electrons. The summed E-state index contributed by atoms with van der Waals surface area (Å²) in [4.78, 5) is 23.0. The molecule has 1 atom stereocenters. The van der Waals surface area contributed by atoms with E-state index in [9.17, 15) is 14.7 Å². The van der Waals surface area contributed by atoms with Gasteiger partial charge in [0, 0.05) is 12.1 Å². The van der Waals surface area contributed by atoms with Gasteiger partial charge in [-0.05, 0) is 38.1 Å². The van der Waals surface area contributed by atoms with Crippen LogP contribution in [0.1, 0.15) is 28.8 Å². The van der Waals surface area contributed by atoms with Crippen LogP contribution in [0, 0.1) is 6.92 Å². The largest absolute Gasteiger partial charge is 0.546 e. The van der Waals surface area contributed by atoms with E-state index in [1.807, 2.05) is 0 Å². The van der Waals surface area contributed by atoms with E-state index in [4.69, 9.17) is 13.9 Å². The Morgan fingerprint density at radius 1 is 1.30 bits per heavy atom. The van der Waals surface area contributed by atoms with Crippen molar-refractivity contribution in [2.24, 2.45) is 0 Å². The van der Waals surface area contributed by atoms with Crippen LogP contribution in [0.3, 0.4) is 0 Å². The lowest BCUT2D eigenvalue weighted by atomic mass is 10.1. The van der Waals surface area contributed by atoms with Crippen molar-refractivity contribution in [1.29, 1.82) is 0 Å². The molecule has 23 heavy (non-hydrogen) atoms. The lowest BCUT2D eigenvalue weighted by Gasteiger charge is -2.15. The number of Topliss-reactive ketones (excluding diaryl/α,β-unsaturated/α-hetero) is 1. The highest BCUT2D eigenvalue weighted by atomic mass is 16.5. The molecule has 0 unspecified atom stereocenters. The first-order chi connectivity index (χ1) is 10.9. The maximum absolute atomic E-state index is 12.3. The number of carboxylic acid groups (broad SMARTS) is 1. The lowest BCUT2D eigenvalue weighted by molar-refractivity contribution is -0.312. The molecule has 1 aromatic heterocycles. The predicted octanol–water partition coefficient (Wildman–Crippen LogP) is 1.72. The first kappa shape index (κ1) is 14.9. The fourth-order valence-electron chi connectivity index (χ4n) is 2.15. The molecule has 0 N–H and O–H groups in total. The Morgan fingerprint density at radius 3 is 2.74 bits per heavy atom. The van der Waals surface area contributed by atoms with Crippen LogP contribution < -0.4 is 14.6 Å². The van der Waals surface area contributed by atoms with Gasteiger partial charge >= 0.3 is 0 Å². The van der Waals surface area contributed by atoms with Gasteiger partial charge in [0.05, 0.1) is 11.5 Å². The third-order valence-corrected chi connectivity index (χ3v) is 3.32. The highest BCUT2D eigenvalue weighted by Gasteiger charge is 2.28. The number of aliphatic carboxylic acids is 1. The molecule has 1 aromatic carbocycles. The number of aryl methyl sites for hydroxylation is 1. The van der Waals surface area contributed by atoms with Crippen LogP contribution in [0.4, 0.5) is 0 Å². The third-order valence-electron chi connectivity index (χ3n) is 3.32. The molecule has 0 bridgehead atoms. The van der Waals surface area contributed by atoms with Gasteiger partial charge in [0.15, 0.2) is 5.76 Å². The second kappa shape index (κ2) is 5.64. The molecule has 0 aliphatic carbocycles. The Morgan fingerprint density at radius 2 is 2.09 bits per heavy atom. The molecule has 0 spiro atoms. The van der Waals surface area contributed by atoms with Gasteiger partial charge in [-0.15, -0.1) is 0 Å². The van der Waals surface area contributed by atoms with Crippen molar-refractivity contribution in [3.8, 4) is 11.5 Å². The minimum atomic E-state index is -1.32. The number of carbonyl (C=O) groups is 2. The Bertz CT molecular complexity index is 814. The quantitative estimate of drug-likeness (QED) is 0.799. The van der Waals surface area contributed by atoms with E-state index in [1.165, 1.54) is 31.2 Å². The van der Waals surface area contributed by atoms with Crippen LogP contribution >= 0.6 is 0 Å². The van der Waals surface area contributed by atoms with Crippen LogP contribution in [0.5, 0.6) is 11.5 Å². The van der Waals surface area contributed by atoms with Crippen LogP contribution in [0.25, 0.3) is 6.08 Å². The number of allylic oxidation sites excluding steroid dienone is 1. The topological polar surface area (TPSA) is 88.8 Å². The molecule has 0 fully saturated rings. The smallest absolute Gasteiger partial charge is 0.232 e. The summed E-state index contributed by atoms with van der Waals surface area (Å²) in [6.07, 6.45) is 0.408. The van der Waals surface area contributed by atoms with Crippen molar-refractivity contribution < 1.29 is 28.6 Å². The standard InChI is InChI=1S/C17H14O6/c1-9-3-4-11(21-9)8-15-16(18)13-6-5-12(7-14(13)23-15)22-10(2)17(19)20/h3-8,10H,1-2H3,(H,19,20)/p-1/b15-8-/t10-/m1/s1. The molecule has 6 nitrogen and oxygen atoms in total. The number of ether oxygens (including phenoxy) is 2. The van der Waals surface area contributed by atoms with Gasteiger partial charge in [-0.25, -0.2) is 0 Å². The van der Waals surface area contributed by atoms with Gasteiger partial charge < -0.3 is 23.8 Å². The zero-order valence-electron chi connectivity index (χ0n) is 12.5. The van der Waals surface area contributed by atoms with E-state index in [-0.39, 0.29) is 17.3 Å². The minimum Gasteiger partial charge on any atom is -0.546 e. The van der Waals surface area contributed by atoms with Gasteiger partial charge in [-0.1, -0.05) is 0 Å². The highest BCUT2D eigenvalue weighted by Crippen LogP contribution is 2.35. The van der Waals surface area contributed by atoms with Gasteiger partial charge in [0.25, 0.3) is 0 Å². The summed E-state index contributed by atoms with van der Waals surface area (Å²) < 4.78 is 16.1. The molecule has 2 aromatic rings.